The largest absolute Gasteiger partial charge is 0.121 e. The Hall–Kier alpha value is 0.0649. The molecule has 1 heteroatoms. The van der Waals surface area contributed by atoms with E-state index in [1.165, 1.54) is 20.1 Å². The van der Waals surface area contributed by atoms with E-state index < -0.39 is 0 Å². The smallest absolute Gasteiger partial charge is 0.0891 e. The summed E-state index contributed by atoms with van der Waals surface area (Å²) in [5, 5.41) is 0. The van der Waals surface area contributed by atoms with Crippen molar-refractivity contribution < 1.29 is 0 Å². The minimum absolute atomic E-state index is 1.05. The van der Waals surface area contributed by atoms with Gasteiger partial charge in [0.2, 0.25) is 0 Å². The molecule has 0 aromatic heterocycles. The molecule has 0 unspecified atom stereocenters. The standard InChI is InChI=1S/C6H13B/c1-5-3-6(4-5)7-2/h5-7H,3-4H2,1-2H3. The van der Waals surface area contributed by atoms with E-state index in [2.05, 4.69) is 13.7 Å². The molecule has 0 aromatic rings. The Bertz CT molecular complexity index is 55.2. The van der Waals surface area contributed by atoms with Gasteiger partial charge in [-0.05, 0) is 5.92 Å². The second-order valence-electron chi connectivity index (χ2n) is 2.85. The summed E-state index contributed by atoms with van der Waals surface area (Å²) in [7, 11) is 1.41. The Morgan fingerprint density at radius 3 is 2.14 bits per heavy atom. The van der Waals surface area contributed by atoms with Gasteiger partial charge in [0.15, 0.2) is 0 Å². The van der Waals surface area contributed by atoms with Crippen LogP contribution in [-0.2, 0) is 0 Å². The maximum Gasteiger partial charge on any atom is 0.121 e. The van der Waals surface area contributed by atoms with Gasteiger partial charge in [0, 0.05) is 0 Å². The van der Waals surface area contributed by atoms with Gasteiger partial charge in [-0.15, -0.1) is 0 Å². The molecule has 0 N–H and O–H groups in total. The summed E-state index contributed by atoms with van der Waals surface area (Å²) in [6.07, 6.45) is 2.99. The predicted molar refractivity (Wildman–Crippen MR) is 35.2 cm³/mol. The molecular weight excluding hydrogens is 82.9 g/mol. The molecule has 0 atom stereocenters. The van der Waals surface area contributed by atoms with E-state index >= 15 is 0 Å². The van der Waals surface area contributed by atoms with Gasteiger partial charge in [-0.3, -0.25) is 0 Å². The molecule has 0 heterocycles. The average Bonchev–Trinajstić information content (AvgIpc) is 1.58. The summed E-state index contributed by atoms with van der Waals surface area (Å²) in [5.74, 6) is 2.14. The van der Waals surface area contributed by atoms with E-state index in [1.54, 1.807) is 0 Å². The first kappa shape index (κ1) is 5.21. The molecule has 0 nitrogen and oxygen atoms in total. The van der Waals surface area contributed by atoms with E-state index in [9.17, 15) is 0 Å². The van der Waals surface area contributed by atoms with Crippen LogP contribution in [0.5, 0.6) is 0 Å². The fraction of sp³-hybridized carbons (Fsp3) is 1.00. The first-order chi connectivity index (χ1) is 3.33. The zero-order chi connectivity index (χ0) is 5.28. The monoisotopic (exact) mass is 96.1 g/mol. The molecule has 0 aliphatic heterocycles. The zero-order valence-electron chi connectivity index (χ0n) is 5.28. The van der Waals surface area contributed by atoms with Gasteiger partial charge in [-0.1, -0.05) is 32.4 Å². The van der Waals surface area contributed by atoms with E-state index in [1.807, 2.05) is 0 Å². The molecule has 1 rings (SSSR count). The minimum atomic E-state index is 1.05. The van der Waals surface area contributed by atoms with Crippen molar-refractivity contribution in [1.29, 1.82) is 0 Å². The van der Waals surface area contributed by atoms with Crippen LogP contribution in [0.3, 0.4) is 0 Å². The minimum Gasteiger partial charge on any atom is -0.0891 e. The fourth-order valence-electron chi connectivity index (χ4n) is 1.40. The summed E-state index contributed by atoms with van der Waals surface area (Å²) in [6.45, 7) is 4.63. The summed E-state index contributed by atoms with van der Waals surface area (Å²) >= 11 is 0. The quantitative estimate of drug-likeness (QED) is 0.435. The summed E-state index contributed by atoms with van der Waals surface area (Å²) in [4.78, 5) is 0. The van der Waals surface area contributed by atoms with Crippen molar-refractivity contribution in [2.24, 2.45) is 5.92 Å². The van der Waals surface area contributed by atoms with E-state index in [-0.39, 0.29) is 0 Å². The molecule has 1 aliphatic carbocycles. The Labute approximate surface area is 46.5 Å². The highest BCUT2D eigenvalue weighted by molar-refractivity contribution is 6.36. The van der Waals surface area contributed by atoms with Crippen LogP contribution < -0.4 is 0 Å². The van der Waals surface area contributed by atoms with Crippen molar-refractivity contribution in [2.75, 3.05) is 0 Å². The van der Waals surface area contributed by atoms with Gasteiger partial charge in [0.25, 0.3) is 0 Å². The molecule has 0 amide bonds. The van der Waals surface area contributed by atoms with Crippen LogP contribution in [0.4, 0.5) is 0 Å². The maximum atomic E-state index is 2.34. The lowest BCUT2D eigenvalue weighted by molar-refractivity contribution is 0.344. The highest BCUT2D eigenvalue weighted by atomic mass is 14.2. The summed E-state index contributed by atoms with van der Waals surface area (Å²) in [5.41, 5.74) is 0. The average molecular weight is 96.0 g/mol. The fourth-order valence-corrected chi connectivity index (χ4v) is 1.40. The van der Waals surface area contributed by atoms with Crippen LogP contribution in [0.25, 0.3) is 0 Å². The number of hydrogen-bond donors (Lipinski definition) is 0. The first-order valence-electron chi connectivity index (χ1n) is 3.33. The van der Waals surface area contributed by atoms with Gasteiger partial charge in [0.1, 0.15) is 7.28 Å². The molecule has 0 spiro atoms. The Kier molecular flexibility index (Phi) is 1.41. The third-order valence-corrected chi connectivity index (χ3v) is 2.05. The van der Waals surface area contributed by atoms with Crippen molar-refractivity contribution in [3.05, 3.63) is 0 Å². The van der Waals surface area contributed by atoms with Gasteiger partial charge in [-0.2, -0.15) is 0 Å². The van der Waals surface area contributed by atoms with Crippen LogP contribution in [0, 0.1) is 5.92 Å². The number of rotatable bonds is 1. The van der Waals surface area contributed by atoms with Crippen molar-refractivity contribution in [2.45, 2.75) is 32.4 Å². The summed E-state index contributed by atoms with van der Waals surface area (Å²) in [6, 6.07) is 0. The molecule has 40 valence electrons. The third kappa shape index (κ3) is 0.989. The highest BCUT2D eigenvalue weighted by Crippen LogP contribution is 2.36. The van der Waals surface area contributed by atoms with Crippen molar-refractivity contribution in [3.63, 3.8) is 0 Å². The van der Waals surface area contributed by atoms with Crippen molar-refractivity contribution >= 4 is 7.28 Å². The molecule has 0 saturated heterocycles. The molecule has 1 fully saturated rings. The van der Waals surface area contributed by atoms with Crippen LogP contribution >= 0.6 is 0 Å². The molecule has 1 aliphatic rings. The maximum absolute atomic E-state index is 2.34. The Balaban J connectivity index is 2.06. The molecule has 0 radical (unpaired) electrons. The van der Waals surface area contributed by atoms with Gasteiger partial charge >= 0.3 is 0 Å². The van der Waals surface area contributed by atoms with Crippen LogP contribution in [0.1, 0.15) is 19.8 Å². The molecule has 7 heavy (non-hydrogen) atoms. The molecule has 1 saturated carbocycles. The summed E-state index contributed by atoms with van der Waals surface area (Å²) < 4.78 is 0. The molecule has 0 aromatic carbocycles. The predicted octanol–water partition coefficient (Wildman–Crippen LogP) is 1.69. The number of hydrogen-bond acceptors (Lipinski definition) is 0. The van der Waals surface area contributed by atoms with E-state index in [0.29, 0.717) is 0 Å². The highest BCUT2D eigenvalue weighted by Gasteiger charge is 2.23. The zero-order valence-corrected chi connectivity index (χ0v) is 5.28. The Morgan fingerprint density at radius 2 is 2.00 bits per heavy atom. The van der Waals surface area contributed by atoms with Gasteiger partial charge < -0.3 is 0 Å². The molecular formula is C6H13B. The Morgan fingerprint density at radius 1 is 1.43 bits per heavy atom. The van der Waals surface area contributed by atoms with Gasteiger partial charge in [-0.25, -0.2) is 0 Å². The molecule has 0 bridgehead atoms. The first-order valence-corrected chi connectivity index (χ1v) is 3.33. The normalized spacial score (nSPS) is 39.7. The lowest BCUT2D eigenvalue weighted by Crippen LogP contribution is -2.18. The lowest BCUT2D eigenvalue weighted by Gasteiger charge is -2.31. The van der Waals surface area contributed by atoms with Crippen molar-refractivity contribution in [3.8, 4) is 0 Å². The third-order valence-electron chi connectivity index (χ3n) is 2.05. The van der Waals surface area contributed by atoms with Crippen LogP contribution in [0.15, 0.2) is 0 Å². The van der Waals surface area contributed by atoms with Crippen LogP contribution in [-0.4, -0.2) is 7.28 Å². The second-order valence-corrected chi connectivity index (χ2v) is 2.85. The van der Waals surface area contributed by atoms with Crippen LogP contribution in [0.2, 0.25) is 12.6 Å². The SMILES string of the molecule is CBC1CC(C)C1. The van der Waals surface area contributed by atoms with Crippen molar-refractivity contribution in [1.82, 2.24) is 0 Å². The van der Waals surface area contributed by atoms with E-state index in [4.69, 9.17) is 0 Å². The van der Waals surface area contributed by atoms with E-state index in [0.717, 1.165) is 11.7 Å². The van der Waals surface area contributed by atoms with Gasteiger partial charge in [0.05, 0.1) is 0 Å². The lowest BCUT2D eigenvalue weighted by atomic mass is 9.54. The second kappa shape index (κ2) is 1.89. The topological polar surface area (TPSA) is 0 Å².